The van der Waals surface area contributed by atoms with Gasteiger partial charge in [0.25, 0.3) is 0 Å². The second-order valence-electron chi connectivity index (χ2n) is 6.77. The summed E-state index contributed by atoms with van der Waals surface area (Å²) in [7, 11) is 0. The van der Waals surface area contributed by atoms with Gasteiger partial charge < -0.3 is 9.30 Å². The summed E-state index contributed by atoms with van der Waals surface area (Å²) in [6.07, 6.45) is 10.6. The number of esters is 1. The van der Waals surface area contributed by atoms with Gasteiger partial charge in [0, 0.05) is 23.3 Å². The van der Waals surface area contributed by atoms with Gasteiger partial charge in [-0.1, -0.05) is 6.92 Å². The molecule has 1 saturated carbocycles. The Labute approximate surface area is 139 Å². The van der Waals surface area contributed by atoms with E-state index in [0.29, 0.717) is 12.6 Å². The topological polar surface area (TPSA) is 57.0 Å². The molecule has 4 rings (SSSR count). The fraction of sp³-hybridized carbons (Fsp3) is 0.588. The lowest BCUT2D eigenvalue weighted by molar-refractivity contribution is -0.154. The molecule has 0 aliphatic heterocycles. The van der Waals surface area contributed by atoms with E-state index < -0.39 is 0 Å². The SMILES string of the molecule is CC1CCc2nc(COC(=O)C3CC(n4ccnc4)C3)sc2C1. The standard InChI is InChI=1S/C17H21N3O2S/c1-11-2-3-14-15(6-11)23-16(19-14)9-22-17(21)12-7-13(8-12)20-5-4-18-10-20/h4-5,10-13H,2-3,6-9H2,1H3. The van der Waals surface area contributed by atoms with Crippen LogP contribution in [0.1, 0.15) is 47.8 Å². The minimum Gasteiger partial charge on any atom is -0.458 e. The van der Waals surface area contributed by atoms with Crippen LogP contribution in [-0.2, 0) is 29.0 Å². The van der Waals surface area contributed by atoms with Gasteiger partial charge in [-0.3, -0.25) is 4.79 Å². The third-order valence-electron chi connectivity index (χ3n) is 4.96. The monoisotopic (exact) mass is 331 g/mol. The maximum atomic E-state index is 12.1. The highest BCUT2D eigenvalue weighted by molar-refractivity contribution is 7.11. The Hall–Kier alpha value is -1.69. The highest BCUT2D eigenvalue weighted by atomic mass is 32.1. The van der Waals surface area contributed by atoms with Crippen molar-refractivity contribution >= 4 is 17.3 Å². The molecule has 0 spiro atoms. The van der Waals surface area contributed by atoms with E-state index in [1.807, 2.05) is 12.5 Å². The number of fused-ring (bicyclic) bond motifs is 1. The lowest BCUT2D eigenvalue weighted by Gasteiger charge is -2.34. The summed E-state index contributed by atoms with van der Waals surface area (Å²) in [5.74, 6) is 0.688. The van der Waals surface area contributed by atoms with Crippen LogP contribution in [0.15, 0.2) is 18.7 Å². The summed E-state index contributed by atoms with van der Waals surface area (Å²) < 4.78 is 7.56. The van der Waals surface area contributed by atoms with Crippen molar-refractivity contribution in [3.8, 4) is 0 Å². The number of hydrogen-bond acceptors (Lipinski definition) is 5. The molecule has 122 valence electrons. The van der Waals surface area contributed by atoms with Gasteiger partial charge in [0.15, 0.2) is 0 Å². The molecule has 2 aliphatic rings. The van der Waals surface area contributed by atoms with Crippen LogP contribution < -0.4 is 0 Å². The van der Waals surface area contributed by atoms with E-state index in [-0.39, 0.29) is 11.9 Å². The van der Waals surface area contributed by atoms with E-state index in [2.05, 4.69) is 21.5 Å². The zero-order chi connectivity index (χ0) is 15.8. The molecule has 5 nitrogen and oxygen atoms in total. The number of thiazole rings is 1. The molecule has 1 unspecified atom stereocenters. The number of ether oxygens (including phenoxy) is 1. The number of carbonyl (C=O) groups is 1. The first-order chi connectivity index (χ1) is 11.2. The Bertz CT molecular complexity index is 689. The van der Waals surface area contributed by atoms with Crippen molar-refractivity contribution in [3.05, 3.63) is 34.3 Å². The predicted molar refractivity (Wildman–Crippen MR) is 87.1 cm³/mol. The fourth-order valence-corrected chi connectivity index (χ4v) is 4.61. The maximum Gasteiger partial charge on any atom is 0.309 e. The highest BCUT2D eigenvalue weighted by Gasteiger charge is 2.36. The van der Waals surface area contributed by atoms with E-state index >= 15 is 0 Å². The second-order valence-corrected chi connectivity index (χ2v) is 7.93. The summed E-state index contributed by atoms with van der Waals surface area (Å²) in [5, 5.41) is 0.947. The van der Waals surface area contributed by atoms with Gasteiger partial charge >= 0.3 is 5.97 Å². The van der Waals surface area contributed by atoms with Gasteiger partial charge in [-0.25, -0.2) is 9.97 Å². The number of hydrogen-bond donors (Lipinski definition) is 0. The lowest BCUT2D eigenvalue weighted by Crippen LogP contribution is -2.33. The first-order valence-electron chi connectivity index (χ1n) is 8.30. The number of aryl methyl sites for hydroxylation is 1. The van der Waals surface area contributed by atoms with Crippen LogP contribution in [0.5, 0.6) is 0 Å². The third-order valence-corrected chi connectivity index (χ3v) is 6.05. The Balaban J connectivity index is 1.28. The maximum absolute atomic E-state index is 12.1. The van der Waals surface area contributed by atoms with Crippen LogP contribution >= 0.6 is 11.3 Å². The Morgan fingerprint density at radius 2 is 2.35 bits per heavy atom. The molecule has 1 atom stereocenters. The van der Waals surface area contributed by atoms with Crippen molar-refractivity contribution in [2.45, 2.75) is 51.7 Å². The van der Waals surface area contributed by atoms with Crippen molar-refractivity contribution < 1.29 is 9.53 Å². The number of carbonyl (C=O) groups excluding carboxylic acids is 1. The number of imidazole rings is 1. The van der Waals surface area contributed by atoms with E-state index in [9.17, 15) is 4.79 Å². The molecule has 1 fully saturated rings. The van der Waals surface area contributed by atoms with Gasteiger partial charge in [-0.05, 0) is 38.0 Å². The summed E-state index contributed by atoms with van der Waals surface area (Å²) in [6.45, 7) is 2.62. The van der Waals surface area contributed by atoms with Gasteiger partial charge in [0.05, 0.1) is 17.9 Å². The highest BCUT2D eigenvalue weighted by Crippen LogP contribution is 2.38. The normalized spacial score (nSPS) is 26.4. The summed E-state index contributed by atoms with van der Waals surface area (Å²) in [6, 6.07) is 0.392. The van der Waals surface area contributed by atoms with Crippen LogP contribution in [0.3, 0.4) is 0 Å². The lowest BCUT2D eigenvalue weighted by atomic mass is 9.80. The number of aromatic nitrogens is 3. The molecule has 0 saturated heterocycles. The molecule has 0 amide bonds. The van der Waals surface area contributed by atoms with Crippen LogP contribution in [0.4, 0.5) is 0 Å². The Morgan fingerprint density at radius 1 is 1.48 bits per heavy atom. The molecule has 0 aromatic carbocycles. The molecule has 2 heterocycles. The molecule has 2 aromatic heterocycles. The average Bonchev–Trinajstić information content (AvgIpc) is 3.12. The Kier molecular flexibility index (Phi) is 3.93. The first kappa shape index (κ1) is 14.9. The van der Waals surface area contributed by atoms with Crippen LogP contribution in [0.2, 0.25) is 0 Å². The van der Waals surface area contributed by atoms with Crippen molar-refractivity contribution in [2.75, 3.05) is 0 Å². The molecular formula is C17H21N3O2S. The molecule has 2 aromatic rings. The van der Waals surface area contributed by atoms with Crippen molar-refractivity contribution in [3.63, 3.8) is 0 Å². The molecule has 0 bridgehead atoms. The Morgan fingerprint density at radius 3 is 3.13 bits per heavy atom. The van der Waals surface area contributed by atoms with Crippen LogP contribution in [0.25, 0.3) is 0 Å². The minimum atomic E-state index is -0.0806. The second kappa shape index (κ2) is 6.07. The van der Waals surface area contributed by atoms with Gasteiger partial charge in [0.1, 0.15) is 11.6 Å². The summed E-state index contributed by atoms with van der Waals surface area (Å²) >= 11 is 1.72. The van der Waals surface area contributed by atoms with Crippen molar-refractivity contribution in [2.24, 2.45) is 11.8 Å². The van der Waals surface area contributed by atoms with Crippen molar-refractivity contribution in [1.82, 2.24) is 14.5 Å². The molecular weight excluding hydrogens is 310 g/mol. The molecule has 0 N–H and O–H groups in total. The van der Waals surface area contributed by atoms with E-state index in [1.54, 1.807) is 17.5 Å². The van der Waals surface area contributed by atoms with Crippen LogP contribution in [-0.4, -0.2) is 20.5 Å². The minimum absolute atomic E-state index is 0.0250. The quantitative estimate of drug-likeness (QED) is 0.808. The zero-order valence-corrected chi connectivity index (χ0v) is 14.1. The van der Waals surface area contributed by atoms with E-state index in [1.165, 1.54) is 17.0 Å². The molecule has 6 heteroatoms. The fourth-order valence-electron chi connectivity index (χ4n) is 3.41. The van der Waals surface area contributed by atoms with Gasteiger partial charge in [-0.2, -0.15) is 0 Å². The van der Waals surface area contributed by atoms with E-state index in [0.717, 1.165) is 36.6 Å². The number of rotatable bonds is 4. The van der Waals surface area contributed by atoms with Gasteiger partial charge in [-0.15, -0.1) is 11.3 Å². The summed E-state index contributed by atoms with van der Waals surface area (Å²) in [5.41, 5.74) is 1.22. The molecule has 23 heavy (non-hydrogen) atoms. The average molecular weight is 331 g/mol. The van der Waals surface area contributed by atoms with Crippen molar-refractivity contribution in [1.29, 1.82) is 0 Å². The zero-order valence-electron chi connectivity index (χ0n) is 13.3. The van der Waals surface area contributed by atoms with Gasteiger partial charge in [0.2, 0.25) is 0 Å². The molecule has 0 radical (unpaired) electrons. The number of nitrogens with zero attached hydrogens (tertiary/aromatic N) is 3. The first-order valence-corrected chi connectivity index (χ1v) is 9.12. The molecule has 2 aliphatic carbocycles. The van der Waals surface area contributed by atoms with Crippen LogP contribution in [0, 0.1) is 11.8 Å². The van der Waals surface area contributed by atoms with E-state index in [4.69, 9.17) is 4.74 Å². The smallest absolute Gasteiger partial charge is 0.309 e. The third kappa shape index (κ3) is 3.04. The summed E-state index contributed by atoms with van der Waals surface area (Å²) in [4.78, 5) is 22.2. The predicted octanol–water partition coefficient (Wildman–Crippen LogP) is 3.16. The largest absolute Gasteiger partial charge is 0.458 e.